The van der Waals surface area contributed by atoms with Crippen molar-refractivity contribution in [3.05, 3.63) is 41.7 Å². The van der Waals surface area contributed by atoms with E-state index in [9.17, 15) is 22.4 Å². The van der Waals surface area contributed by atoms with Crippen LogP contribution in [0.25, 0.3) is 11.1 Å². The van der Waals surface area contributed by atoms with Gasteiger partial charge in [0.15, 0.2) is 0 Å². The van der Waals surface area contributed by atoms with Crippen molar-refractivity contribution in [2.45, 2.75) is 48.9 Å². The van der Waals surface area contributed by atoms with Crippen molar-refractivity contribution in [2.24, 2.45) is 0 Å². The summed E-state index contributed by atoms with van der Waals surface area (Å²) < 4.78 is 52.6. The quantitative estimate of drug-likeness (QED) is 0.398. The number of benzene rings is 2. The Morgan fingerprint density at radius 1 is 1.14 bits per heavy atom. The first-order valence-electron chi connectivity index (χ1n) is 8.54. The van der Waals surface area contributed by atoms with E-state index in [0.29, 0.717) is 38.7 Å². The van der Waals surface area contributed by atoms with Crippen LogP contribution in [0.3, 0.4) is 0 Å². The second-order valence-corrected chi connectivity index (χ2v) is 9.22. The molecule has 0 aliphatic rings. The zero-order chi connectivity index (χ0) is 21.1. The third-order valence-corrected chi connectivity index (χ3v) is 5.84. The Labute approximate surface area is 170 Å². The normalized spacial score (nSPS) is 11.8. The van der Waals surface area contributed by atoms with Gasteiger partial charge in [0, 0.05) is 38.8 Å². The highest BCUT2D eigenvalue weighted by Gasteiger charge is 2.28. The predicted molar refractivity (Wildman–Crippen MR) is 109 cm³/mol. The number of anilines is 1. The highest BCUT2D eigenvalue weighted by Crippen LogP contribution is 2.39. The topological polar surface area (TPSA) is 29.1 Å². The van der Waals surface area contributed by atoms with Gasteiger partial charge in [-0.1, -0.05) is 13.8 Å². The van der Waals surface area contributed by atoms with Gasteiger partial charge >= 0.3 is 6.18 Å². The third-order valence-electron chi connectivity index (χ3n) is 3.62. The highest BCUT2D eigenvalue weighted by molar-refractivity contribution is 8.00. The molecule has 0 atom stereocenters. The SMILES string of the molecule is CC(=O)Nc1ccc(SC(C)C)cc1-c1cc(SCC(F)(F)F)c(C)cc1F. The Bertz CT molecular complexity index is 866. The van der Waals surface area contributed by atoms with Crippen molar-refractivity contribution >= 4 is 35.1 Å². The van der Waals surface area contributed by atoms with Gasteiger partial charge in [-0.2, -0.15) is 13.2 Å². The summed E-state index contributed by atoms with van der Waals surface area (Å²) in [5, 5.41) is 2.96. The maximum Gasteiger partial charge on any atom is 0.398 e. The van der Waals surface area contributed by atoms with E-state index in [1.165, 1.54) is 19.1 Å². The summed E-state index contributed by atoms with van der Waals surface area (Å²) in [7, 11) is 0. The Kier molecular flexibility index (Phi) is 7.45. The first-order chi connectivity index (χ1) is 13.0. The molecule has 2 nitrogen and oxygen atoms in total. The van der Waals surface area contributed by atoms with Crippen LogP contribution in [0, 0.1) is 12.7 Å². The molecule has 0 aromatic heterocycles. The van der Waals surface area contributed by atoms with E-state index in [-0.39, 0.29) is 11.5 Å². The van der Waals surface area contributed by atoms with Gasteiger partial charge in [0.25, 0.3) is 0 Å². The molecule has 1 amide bonds. The van der Waals surface area contributed by atoms with Gasteiger partial charge in [0.1, 0.15) is 5.82 Å². The molecule has 152 valence electrons. The lowest BCUT2D eigenvalue weighted by Crippen LogP contribution is -2.11. The number of hydrogen-bond donors (Lipinski definition) is 1. The highest BCUT2D eigenvalue weighted by atomic mass is 32.2. The minimum atomic E-state index is -4.32. The van der Waals surface area contributed by atoms with Gasteiger partial charge in [-0.25, -0.2) is 4.39 Å². The smallest absolute Gasteiger partial charge is 0.326 e. The first kappa shape index (κ1) is 22.6. The lowest BCUT2D eigenvalue weighted by Gasteiger charge is -2.16. The molecule has 1 N–H and O–H groups in total. The van der Waals surface area contributed by atoms with Crippen LogP contribution in [0.2, 0.25) is 0 Å². The molecule has 0 saturated carbocycles. The predicted octanol–water partition coefficient (Wildman–Crippen LogP) is 6.91. The summed E-state index contributed by atoms with van der Waals surface area (Å²) in [6.07, 6.45) is -4.32. The summed E-state index contributed by atoms with van der Waals surface area (Å²) in [5.74, 6) is -1.92. The summed E-state index contributed by atoms with van der Waals surface area (Å²) >= 11 is 2.19. The number of carbonyl (C=O) groups excluding carboxylic acids is 1. The van der Waals surface area contributed by atoms with Crippen molar-refractivity contribution in [3.8, 4) is 11.1 Å². The third kappa shape index (κ3) is 6.44. The average molecular weight is 432 g/mol. The number of rotatable bonds is 6. The van der Waals surface area contributed by atoms with Gasteiger partial charge in [-0.05, 0) is 42.8 Å². The fourth-order valence-corrected chi connectivity index (χ4v) is 4.25. The minimum absolute atomic E-state index is 0.158. The molecule has 28 heavy (non-hydrogen) atoms. The van der Waals surface area contributed by atoms with Crippen molar-refractivity contribution in [3.63, 3.8) is 0 Å². The largest absolute Gasteiger partial charge is 0.398 e. The zero-order valence-corrected chi connectivity index (χ0v) is 17.5. The molecule has 0 heterocycles. The maximum atomic E-state index is 14.8. The van der Waals surface area contributed by atoms with Crippen LogP contribution in [-0.2, 0) is 4.79 Å². The number of aryl methyl sites for hydroxylation is 1. The van der Waals surface area contributed by atoms with Crippen LogP contribution < -0.4 is 5.32 Å². The van der Waals surface area contributed by atoms with E-state index in [1.807, 2.05) is 19.9 Å². The van der Waals surface area contributed by atoms with Crippen molar-refractivity contribution < 1.29 is 22.4 Å². The average Bonchev–Trinajstić information content (AvgIpc) is 2.54. The Hall–Kier alpha value is -1.67. The standard InChI is InChI=1S/C20H21F4NOS2/c1-11(2)28-14-5-6-18(25-13(4)26)16(8-14)15-9-19(12(3)7-17(15)21)27-10-20(22,23)24/h5-9,11H,10H2,1-4H3,(H,25,26). The van der Waals surface area contributed by atoms with E-state index in [4.69, 9.17) is 0 Å². The number of alkyl halides is 3. The Morgan fingerprint density at radius 2 is 1.82 bits per heavy atom. The van der Waals surface area contributed by atoms with Crippen LogP contribution in [-0.4, -0.2) is 23.1 Å². The van der Waals surface area contributed by atoms with Gasteiger partial charge in [-0.15, -0.1) is 23.5 Å². The molecule has 0 spiro atoms. The number of carbonyl (C=O) groups is 1. The molecule has 2 aromatic carbocycles. The summed E-state index contributed by atoms with van der Waals surface area (Å²) in [6, 6.07) is 7.91. The van der Waals surface area contributed by atoms with E-state index in [0.717, 1.165) is 4.90 Å². The summed E-state index contributed by atoms with van der Waals surface area (Å²) in [5.41, 5.74) is 1.44. The molecular weight excluding hydrogens is 410 g/mol. The van der Waals surface area contributed by atoms with Crippen LogP contribution in [0.15, 0.2) is 40.1 Å². The van der Waals surface area contributed by atoms with E-state index >= 15 is 0 Å². The molecule has 0 unspecified atom stereocenters. The molecule has 0 aliphatic heterocycles. The van der Waals surface area contributed by atoms with Gasteiger partial charge < -0.3 is 5.32 Å². The number of halogens is 4. The second kappa shape index (κ2) is 9.22. The number of amides is 1. The molecule has 2 aromatic rings. The van der Waals surface area contributed by atoms with Crippen LogP contribution in [0.4, 0.5) is 23.2 Å². The lowest BCUT2D eigenvalue weighted by atomic mass is 10.0. The Morgan fingerprint density at radius 3 is 2.39 bits per heavy atom. The summed E-state index contributed by atoms with van der Waals surface area (Å²) in [6.45, 7) is 6.96. The van der Waals surface area contributed by atoms with Crippen molar-refractivity contribution in [2.75, 3.05) is 11.1 Å². The fourth-order valence-electron chi connectivity index (χ4n) is 2.56. The number of thioether (sulfide) groups is 2. The van der Waals surface area contributed by atoms with Crippen LogP contribution in [0.5, 0.6) is 0 Å². The molecule has 0 radical (unpaired) electrons. The monoisotopic (exact) mass is 431 g/mol. The van der Waals surface area contributed by atoms with Gasteiger partial charge in [0.2, 0.25) is 5.91 Å². The van der Waals surface area contributed by atoms with Crippen molar-refractivity contribution in [1.29, 1.82) is 0 Å². The van der Waals surface area contributed by atoms with E-state index in [2.05, 4.69) is 5.32 Å². The number of hydrogen-bond acceptors (Lipinski definition) is 3. The molecule has 0 fully saturated rings. The lowest BCUT2D eigenvalue weighted by molar-refractivity contribution is -0.114. The van der Waals surface area contributed by atoms with Gasteiger partial charge in [0.05, 0.1) is 5.75 Å². The van der Waals surface area contributed by atoms with E-state index < -0.39 is 17.7 Å². The minimum Gasteiger partial charge on any atom is -0.326 e. The van der Waals surface area contributed by atoms with Crippen LogP contribution >= 0.6 is 23.5 Å². The zero-order valence-electron chi connectivity index (χ0n) is 15.9. The first-order valence-corrected chi connectivity index (χ1v) is 10.4. The van der Waals surface area contributed by atoms with Crippen LogP contribution in [0.1, 0.15) is 26.3 Å². The van der Waals surface area contributed by atoms with Gasteiger partial charge in [-0.3, -0.25) is 4.79 Å². The fraction of sp³-hybridized carbons (Fsp3) is 0.350. The maximum absolute atomic E-state index is 14.8. The molecular formula is C20H21F4NOS2. The molecule has 0 saturated heterocycles. The van der Waals surface area contributed by atoms with Crippen molar-refractivity contribution in [1.82, 2.24) is 0 Å². The molecule has 8 heteroatoms. The Balaban J connectivity index is 2.55. The number of nitrogens with one attached hydrogen (secondary N) is 1. The second-order valence-electron chi connectivity index (χ2n) is 6.56. The molecule has 0 bridgehead atoms. The van der Waals surface area contributed by atoms with E-state index in [1.54, 1.807) is 30.8 Å². The summed E-state index contributed by atoms with van der Waals surface area (Å²) in [4.78, 5) is 12.8. The molecule has 2 rings (SSSR count). The molecule has 0 aliphatic carbocycles.